The SMILES string of the molecule is CCOC(=O)c1c(NC(=O)C2CC2)sc2c1C(C(=O)OCC)CCC2. The summed E-state index contributed by atoms with van der Waals surface area (Å²) in [5.74, 6) is -1.29. The highest BCUT2D eigenvalue weighted by molar-refractivity contribution is 7.17. The molecule has 7 heteroatoms. The highest BCUT2D eigenvalue weighted by Gasteiger charge is 2.38. The van der Waals surface area contributed by atoms with Gasteiger partial charge in [0, 0.05) is 10.8 Å². The lowest BCUT2D eigenvalue weighted by Crippen LogP contribution is -2.23. The third-order valence-electron chi connectivity index (χ3n) is 4.50. The van der Waals surface area contributed by atoms with Gasteiger partial charge in [0.15, 0.2) is 0 Å². The van der Waals surface area contributed by atoms with Crippen LogP contribution in [0.25, 0.3) is 0 Å². The van der Waals surface area contributed by atoms with Crippen LogP contribution in [0.2, 0.25) is 0 Å². The van der Waals surface area contributed by atoms with Gasteiger partial charge in [-0.05, 0) is 51.5 Å². The summed E-state index contributed by atoms with van der Waals surface area (Å²) < 4.78 is 10.4. The van der Waals surface area contributed by atoms with Gasteiger partial charge in [0.25, 0.3) is 0 Å². The highest BCUT2D eigenvalue weighted by Crippen LogP contribution is 2.45. The van der Waals surface area contributed by atoms with Crippen LogP contribution in [0.5, 0.6) is 0 Å². The number of esters is 2. The fourth-order valence-corrected chi connectivity index (χ4v) is 4.48. The van der Waals surface area contributed by atoms with Gasteiger partial charge in [-0.1, -0.05) is 0 Å². The number of ether oxygens (including phenoxy) is 2. The van der Waals surface area contributed by atoms with Gasteiger partial charge in [-0.3, -0.25) is 9.59 Å². The maximum atomic E-state index is 12.6. The largest absolute Gasteiger partial charge is 0.466 e. The second kappa shape index (κ2) is 7.56. The van der Waals surface area contributed by atoms with E-state index in [1.54, 1.807) is 13.8 Å². The summed E-state index contributed by atoms with van der Waals surface area (Å²) in [6.45, 7) is 4.04. The Morgan fingerprint density at radius 1 is 1.12 bits per heavy atom. The lowest BCUT2D eigenvalue weighted by atomic mass is 9.85. The number of aryl methyl sites for hydroxylation is 1. The standard InChI is InChI=1S/C18H23NO5S/c1-3-23-17(21)11-6-5-7-12-13(11)14(18(22)24-4-2)16(25-12)19-15(20)10-8-9-10/h10-11H,3-9H2,1-2H3,(H,19,20). The number of hydrogen-bond acceptors (Lipinski definition) is 6. The van der Waals surface area contributed by atoms with Crippen molar-refractivity contribution in [3.05, 3.63) is 16.0 Å². The Kier molecular flexibility index (Phi) is 5.42. The second-order valence-corrected chi connectivity index (χ2v) is 7.43. The van der Waals surface area contributed by atoms with Crippen LogP contribution in [0.1, 0.15) is 66.2 Å². The number of hydrogen-bond donors (Lipinski definition) is 1. The van der Waals surface area contributed by atoms with Crippen LogP contribution < -0.4 is 5.32 Å². The van der Waals surface area contributed by atoms with E-state index in [-0.39, 0.29) is 24.4 Å². The molecule has 0 aromatic carbocycles. The predicted molar refractivity (Wildman–Crippen MR) is 93.9 cm³/mol. The van der Waals surface area contributed by atoms with Gasteiger partial charge in [0.2, 0.25) is 5.91 Å². The smallest absolute Gasteiger partial charge is 0.341 e. The number of amides is 1. The Morgan fingerprint density at radius 3 is 2.48 bits per heavy atom. The molecule has 25 heavy (non-hydrogen) atoms. The fourth-order valence-electron chi connectivity index (χ4n) is 3.19. The van der Waals surface area contributed by atoms with E-state index in [1.165, 1.54) is 11.3 Å². The molecule has 1 heterocycles. The molecule has 1 unspecified atom stereocenters. The molecule has 136 valence electrons. The van der Waals surface area contributed by atoms with Gasteiger partial charge < -0.3 is 14.8 Å². The summed E-state index contributed by atoms with van der Waals surface area (Å²) in [5.41, 5.74) is 1.04. The van der Waals surface area contributed by atoms with Crippen LogP contribution in [0.4, 0.5) is 5.00 Å². The molecular formula is C18H23NO5S. The first-order valence-corrected chi connectivity index (χ1v) is 9.68. The number of carbonyl (C=O) groups is 3. The van der Waals surface area contributed by atoms with Crippen LogP contribution >= 0.6 is 11.3 Å². The van der Waals surface area contributed by atoms with Crippen molar-refractivity contribution in [1.29, 1.82) is 0 Å². The number of fused-ring (bicyclic) bond motifs is 1. The van der Waals surface area contributed by atoms with E-state index >= 15 is 0 Å². The molecule has 1 atom stereocenters. The lowest BCUT2D eigenvalue weighted by Gasteiger charge is -2.22. The average molecular weight is 365 g/mol. The van der Waals surface area contributed by atoms with Crippen molar-refractivity contribution < 1.29 is 23.9 Å². The van der Waals surface area contributed by atoms with Crippen molar-refractivity contribution in [2.24, 2.45) is 5.92 Å². The van der Waals surface area contributed by atoms with Crippen molar-refractivity contribution in [1.82, 2.24) is 0 Å². The molecule has 0 radical (unpaired) electrons. The van der Waals surface area contributed by atoms with Gasteiger partial charge in [-0.15, -0.1) is 11.3 Å². The van der Waals surface area contributed by atoms with Gasteiger partial charge >= 0.3 is 11.9 Å². The number of rotatable bonds is 6. The first-order valence-electron chi connectivity index (χ1n) is 8.86. The molecule has 3 rings (SSSR count). The maximum Gasteiger partial charge on any atom is 0.341 e. The molecule has 2 aliphatic carbocycles. The molecular weight excluding hydrogens is 342 g/mol. The summed E-state index contributed by atoms with van der Waals surface area (Å²) in [5, 5.41) is 3.40. The lowest BCUT2D eigenvalue weighted by molar-refractivity contribution is -0.145. The Bertz CT molecular complexity index is 692. The van der Waals surface area contributed by atoms with Gasteiger partial charge in [-0.25, -0.2) is 4.79 Å². The summed E-state index contributed by atoms with van der Waals surface area (Å²) in [6, 6.07) is 0. The first kappa shape index (κ1) is 17.9. The minimum atomic E-state index is -0.484. The minimum absolute atomic E-state index is 0.0371. The van der Waals surface area contributed by atoms with E-state index in [0.717, 1.165) is 30.6 Å². The zero-order valence-corrected chi connectivity index (χ0v) is 15.4. The Balaban J connectivity index is 2.00. The molecule has 0 bridgehead atoms. The van der Waals surface area contributed by atoms with Crippen LogP contribution in [-0.4, -0.2) is 31.1 Å². The molecule has 6 nitrogen and oxygen atoms in total. The maximum absolute atomic E-state index is 12.6. The van der Waals surface area contributed by atoms with E-state index in [4.69, 9.17) is 9.47 Å². The number of thiophene rings is 1. The average Bonchev–Trinajstić information content (AvgIpc) is 3.36. The summed E-state index contributed by atoms with van der Waals surface area (Å²) in [4.78, 5) is 38.1. The third-order valence-corrected chi connectivity index (χ3v) is 5.68. The van der Waals surface area contributed by atoms with E-state index in [2.05, 4.69) is 5.32 Å². The summed E-state index contributed by atoms with van der Waals surface area (Å²) in [6.07, 6.45) is 4.07. The molecule has 2 aliphatic rings. The fraction of sp³-hybridized carbons (Fsp3) is 0.611. The zero-order chi connectivity index (χ0) is 18.0. The van der Waals surface area contributed by atoms with E-state index in [9.17, 15) is 14.4 Å². The predicted octanol–water partition coefficient (Wildman–Crippen LogP) is 3.26. The first-order chi connectivity index (χ1) is 12.1. The van der Waals surface area contributed by atoms with Gasteiger partial charge in [0.05, 0.1) is 24.7 Å². The normalized spacial score (nSPS) is 19.0. The summed E-state index contributed by atoms with van der Waals surface area (Å²) in [7, 11) is 0. The quantitative estimate of drug-likeness (QED) is 0.783. The highest BCUT2D eigenvalue weighted by atomic mass is 32.1. The van der Waals surface area contributed by atoms with Crippen molar-refractivity contribution in [2.45, 2.75) is 51.9 Å². The van der Waals surface area contributed by atoms with Crippen LogP contribution in [0.15, 0.2) is 0 Å². The van der Waals surface area contributed by atoms with Gasteiger partial charge in [-0.2, -0.15) is 0 Å². The van der Waals surface area contributed by atoms with E-state index in [0.29, 0.717) is 29.2 Å². The van der Waals surface area contributed by atoms with Crippen molar-refractivity contribution in [3.8, 4) is 0 Å². The van der Waals surface area contributed by atoms with Crippen LogP contribution in [0, 0.1) is 5.92 Å². The molecule has 0 aliphatic heterocycles. The molecule has 1 aromatic heterocycles. The zero-order valence-electron chi connectivity index (χ0n) is 14.6. The molecule has 1 fully saturated rings. The molecule has 0 saturated heterocycles. The Hall–Kier alpha value is -1.89. The number of nitrogens with one attached hydrogen (secondary N) is 1. The van der Waals surface area contributed by atoms with E-state index < -0.39 is 11.9 Å². The monoisotopic (exact) mass is 365 g/mol. The number of anilines is 1. The Morgan fingerprint density at radius 2 is 1.84 bits per heavy atom. The van der Waals surface area contributed by atoms with Crippen molar-refractivity contribution >= 4 is 34.2 Å². The van der Waals surface area contributed by atoms with Crippen LogP contribution in [-0.2, 0) is 25.5 Å². The summed E-state index contributed by atoms with van der Waals surface area (Å²) >= 11 is 1.39. The van der Waals surface area contributed by atoms with E-state index in [1.807, 2.05) is 0 Å². The molecule has 1 amide bonds. The third kappa shape index (κ3) is 3.71. The van der Waals surface area contributed by atoms with Crippen molar-refractivity contribution in [3.63, 3.8) is 0 Å². The van der Waals surface area contributed by atoms with Gasteiger partial charge in [0.1, 0.15) is 5.00 Å². The minimum Gasteiger partial charge on any atom is -0.466 e. The van der Waals surface area contributed by atoms with Crippen LogP contribution in [0.3, 0.4) is 0 Å². The molecule has 1 aromatic rings. The molecule has 1 saturated carbocycles. The number of carbonyl (C=O) groups excluding carboxylic acids is 3. The topological polar surface area (TPSA) is 81.7 Å². The Labute approximate surface area is 150 Å². The molecule has 1 N–H and O–H groups in total. The van der Waals surface area contributed by atoms with Crippen molar-refractivity contribution in [2.75, 3.05) is 18.5 Å². The second-order valence-electron chi connectivity index (χ2n) is 6.32. The molecule has 0 spiro atoms.